The van der Waals surface area contributed by atoms with Gasteiger partial charge in [-0.25, -0.2) is 4.98 Å². The van der Waals surface area contributed by atoms with E-state index in [1.807, 2.05) is 6.07 Å². The fraction of sp³-hybridized carbons (Fsp3) is 0.520. The molecule has 3 aromatic heterocycles. The molecule has 0 spiro atoms. The zero-order chi connectivity index (χ0) is 24.8. The largest absolute Gasteiger partial charge is 0.486 e. The maximum Gasteiger partial charge on any atom is 0.270 e. The lowest BCUT2D eigenvalue weighted by molar-refractivity contribution is -0.211. The van der Waals surface area contributed by atoms with Crippen molar-refractivity contribution in [3.8, 4) is 17.4 Å². The highest BCUT2D eigenvalue weighted by molar-refractivity contribution is 5.70. The van der Waals surface area contributed by atoms with E-state index in [1.165, 1.54) is 17.9 Å². The van der Waals surface area contributed by atoms with E-state index in [1.54, 1.807) is 18.3 Å². The first-order valence-electron chi connectivity index (χ1n) is 12.2. The number of methoxy groups -OCH3 is 1. The third-order valence-electron chi connectivity index (χ3n) is 7.66. The Hall–Kier alpha value is -3.28. The summed E-state index contributed by atoms with van der Waals surface area (Å²) in [6.07, 6.45) is 5.17. The van der Waals surface area contributed by atoms with E-state index < -0.39 is 11.7 Å². The first kappa shape index (κ1) is 23.1. The van der Waals surface area contributed by atoms with Gasteiger partial charge in [-0.3, -0.25) is 14.3 Å². The van der Waals surface area contributed by atoms with E-state index in [4.69, 9.17) is 18.9 Å². The van der Waals surface area contributed by atoms with Gasteiger partial charge in [-0.05, 0) is 31.7 Å². The quantitative estimate of drug-likeness (QED) is 0.493. The van der Waals surface area contributed by atoms with E-state index in [-0.39, 0.29) is 17.6 Å². The third kappa shape index (κ3) is 4.06. The van der Waals surface area contributed by atoms with Crippen LogP contribution in [-0.4, -0.2) is 68.8 Å². The molecule has 1 aliphatic carbocycles. The lowest BCUT2D eigenvalue weighted by atomic mass is 9.69. The number of ether oxygens (including phenoxy) is 4. The molecule has 7 rings (SSSR count). The van der Waals surface area contributed by atoms with Crippen molar-refractivity contribution < 1.29 is 24.1 Å². The van der Waals surface area contributed by atoms with Crippen molar-refractivity contribution in [3.63, 3.8) is 0 Å². The fourth-order valence-electron chi connectivity index (χ4n) is 5.39. The number of hydrogen-bond acceptors (Lipinski definition) is 10. The number of aromatic nitrogens is 4. The van der Waals surface area contributed by atoms with Crippen LogP contribution in [0.4, 0.5) is 0 Å². The first-order chi connectivity index (χ1) is 17.5. The molecule has 4 aliphatic rings. The predicted molar refractivity (Wildman–Crippen MR) is 128 cm³/mol. The summed E-state index contributed by atoms with van der Waals surface area (Å²) in [5.74, 6) is 1.78. The van der Waals surface area contributed by atoms with Crippen LogP contribution in [-0.2, 0) is 17.8 Å². The first-order valence-corrected chi connectivity index (χ1v) is 12.2. The van der Waals surface area contributed by atoms with Gasteiger partial charge in [0.25, 0.3) is 5.56 Å². The van der Waals surface area contributed by atoms with Crippen LogP contribution in [0, 0.1) is 0 Å². The molecule has 0 amide bonds. The Labute approximate surface area is 207 Å². The number of hydrogen-bond donors (Lipinski definition) is 2. The van der Waals surface area contributed by atoms with Gasteiger partial charge in [-0.15, -0.1) is 0 Å². The fourth-order valence-corrected chi connectivity index (χ4v) is 5.39. The monoisotopic (exact) mass is 495 g/mol. The molecular formula is C25H29N5O6. The van der Waals surface area contributed by atoms with Crippen LogP contribution in [0.3, 0.4) is 0 Å². The van der Waals surface area contributed by atoms with Crippen LogP contribution in [0.5, 0.6) is 17.4 Å². The Kier molecular flexibility index (Phi) is 5.78. The molecule has 3 aliphatic heterocycles. The summed E-state index contributed by atoms with van der Waals surface area (Å²) in [5, 5.41) is 14.9. The van der Waals surface area contributed by atoms with Crippen molar-refractivity contribution in [2.24, 2.45) is 0 Å². The number of aliphatic hydroxyl groups is 1. The van der Waals surface area contributed by atoms with E-state index >= 15 is 0 Å². The van der Waals surface area contributed by atoms with Gasteiger partial charge in [0, 0.05) is 24.2 Å². The van der Waals surface area contributed by atoms with Crippen LogP contribution in [0.25, 0.3) is 11.2 Å². The van der Waals surface area contributed by atoms with Crippen LogP contribution in [0.2, 0.25) is 0 Å². The Morgan fingerprint density at radius 3 is 2.69 bits per heavy atom. The Morgan fingerprint density at radius 1 is 1.14 bits per heavy atom. The van der Waals surface area contributed by atoms with Crippen molar-refractivity contribution in [2.45, 2.75) is 56.0 Å². The molecule has 11 heteroatoms. The van der Waals surface area contributed by atoms with Crippen molar-refractivity contribution in [1.29, 1.82) is 0 Å². The van der Waals surface area contributed by atoms with Gasteiger partial charge >= 0.3 is 0 Å². The summed E-state index contributed by atoms with van der Waals surface area (Å²) in [7, 11) is 1.52. The highest BCUT2D eigenvalue weighted by Crippen LogP contribution is 2.46. The number of rotatable bonds is 7. The van der Waals surface area contributed by atoms with Gasteiger partial charge in [0.2, 0.25) is 5.88 Å². The minimum atomic E-state index is -0.869. The molecule has 36 heavy (non-hydrogen) atoms. The topological polar surface area (TPSA) is 130 Å². The molecule has 1 unspecified atom stereocenters. The third-order valence-corrected chi connectivity index (χ3v) is 7.66. The molecule has 1 atom stereocenters. The Bertz CT molecular complexity index is 1320. The molecule has 0 radical (unpaired) electrons. The van der Waals surface area contributed by atoms with Crippen LogP contribution >= 0.6 is 0 Å². The normalized spacial score (nSPS) is 25.6. The Balaban J connectivity index is 1.14. The summed E-state index contributed by atoms with van der Waals surface area (Å²) in [5.41, 5.74) is 0.616. The Morgan fingerprint density at radius 2 is 1.94 bits per heavy atom. The smallest absolute Gasteiger partial charge is 0.270 e. The van der Waals surface area contributed by atoms with Gasteiger partial charge in [0.15, 0.2) is 17.1 Å². The number of fused-ring (bicyclic) bond motifs is 5. The van der Waals surface area contributed by atoms with Crippen LogP contribution in [0.15, 0.2) is 35.4 Å². The highest BCUT2D eigenvalue weighted by atomic mass is 16.6. The number of aliphatic hydroxyl groups excluding tert-OH is 1. The van der Waals surface area contributed by atoms with E-state index in [0.717, 1.165) is 24.3 Å². The molecule has 2 bridgehead atoms. The summed E-state index contributed by atoms with van der Waals surface area (Å²) < 4.78 is 24.2. The van der Waals surface area contributed by atoms with Gasteiger partial charge in [0.1, 0.15) is 24.8 Å². The minimum Gasteiger partial charge on any atom is -0.486 e. The van der Waals surface area contributed by atoms with E-state index in [0.29, 0.717) is 62.0 Å². The van der Waals surface area contributed by atoms with Gasteiger partial charge in [-0.2, -0.15) is 4.98 Å². The average Bonchev–Trinajstić information content (AvgIpc) is 2.94. The molecule has 1 saturated carbocycles. The van der Waals surface area contributed by atoms with Gasteiger partial charge in [-0.1, -0.05) is 0 Å². The molecular weight excluding hydrogens is 466 g/mol. The van der Waals surface area contributed by atoms with Crippen molar-refractivity contribution in [2.75, 3.05) is 26.9 Å². The second kappa shape index (κ2) is 8.99. The SMILES string of the molecule is COc1ccc2ncc(=O)n(CC(O)C34CCC(NCc5cc6c(cn5)OCCO6)(CC3)CO4)c2n1. The molecule has 3 fully saturated rings. The zero-order valence-corrected chi connectivity index (χ0v) is 20.1. The van der Waals surface area contributed by atoms with Crippen LogP contribution in [0.1, 0.15) is 31.4 Å². The molecule has 6 heterocycles. The van der Waals surface area contributed by atoms with Crippen molar-refractivity contribution in [1.82, 2.24) is 24.8 Å². The molecule has 2 saturated heterocycles. The van der Waals surface area contributed by atoms with Gasteiger partial charge in [0.05, 0.1) is 44.0 Å². The highest BCUT2D eigenvalue weighted by Gasteiger charge is 2.53. The van der Waals surface area contributed by atoms with Gasteiger partial charge < -0.3 is 29.4 Å². The van der Waals surface area contributed by atoms with Crippen LogP contribution < -0.4 is 25.1 Å². The molecule has 0 aromatic carbocycles. The maximum atomic E-state index is 12.6. The summed E-state index contributed by atoms with van der Waals surface area (Å²) in [6, 6.07) is 5.35. The predicted octanol–water partition coefficient (Wildman–Crippen LogP) is 1.20. The van der Waals surface area contributed by atoms with Crippen molar-refractivity contribution >= 4 is 11.2 Å². The summed E-state index contributed by atoms with van der Waals surface area (Å²) >= 11 is 0. The maximum absolute atomic E-state index is 12.6. The molecule has 3 aromatic rings. The molecule has 190 valence electrons. The number of pyridine rings is 2. The van der Waals surface area contributed by atoms with E-state index in [2.05, 4.69) is 20.3 Å². The van der Waals surface area contributed by atoms with E-state index in [9.17, 15) is 9.90 Å². The minimum absolute atomic E-state index is 0.0690. The summed E-state index contributed by atoms with van der Waals surface area (Å²) in [6.45, 7) is 2.21. The standard InChI is InChI=1S/C25H29N5O6/c1-33-21-3-2-17-23(29-21)30(22(32)13-27-17)14-20(31)25-6-4-24(5-7-25,15-36-25)28-11-16-10-18-19(12-26-16)35-9-8-34-18/h2-3,10,12-13,20,28,31H,4-9,11,14-15H2,1H3. The lowest BCUT2D eigenvalue weighted by Crippen LogP contribution is -2.65. The lowest BCUT2D eigenvalue weighted by Gasteiger charge is -2.55. The second-order valence-electron chi connectivity index (χ2n) is 9.73. The number of nitrogens with one attached hydrogen (secondary N) is 1. The zero-order valence-electron chi connectivity index (χ0n) is 20.1. The number of nitrogens with zero attached hydrogens (tertiary/aromatic N) is 4. The molecule has 2 N–H and O–H groups in total. The summed E-state index contributed by atoms with van der Waals surface area (Å²) in [4.78, 5) is 25.7. The molecule has 11 nitrogen and oxygen atoms in total. The second-order valence-corrected chi connectivity index (χ2v) is 9.73. The average molecular weight is 496 g/mol. The van der Waals surface area contributed by atoms with Crippen molar-refractivity contribution in [3.05, 3.63) is 46.6 Å².